The summed E-state index contributed by atoms with van der Waals surface area (Å²) in [5.74, 6) is 5.78. The highest BCUT2D eigenvalue weighted by Crippen LogP contribution is 2.67. The van der Waals surface area contributed by atoms with Gasteiger partial charge in [0.25, 0.3) is 0 Å². The third kappa shape index (κ3) is 13.0. The summed E-state index contributed by atoms with van der Waals surface area (Å²) >= 11 is 0. The zero-order chi connectivity index (χ0) is 49.6. The molecule has 3 aromatic rings. The van der Waals surface area contributed by atoms with Gasteiger partial charge in [-0.25, -0.2) is 4.79 Å². The van der Waals surface area contributed by atoms with Gasteiger partial charge in [0.15, 0.2) is 0 Å². The third-order valence-corrected chi connectivity index (χ3v) is 17.7. The molecule has 7 rings (SSSR count). The van der Waals surface area contributed by atoms with Gasteiger partial charge in [-0.15, -0.1) is 0 Å². The van der Waals surface area contributed by atoms with Gasteiger partial charge in [0.1, 0.15) is 23.2 Å². The van der Waals surface area contributed by atoms with Crippen LogP contribution in [0.5, 0.6) is 11.5 Å². The molecule has 3 N–H and O–H groups in total. The number of benzene rings is 3. The molecule has 3 fully saturated rings. The summed E-state index contributed by atoms with van der Waals surface area (Å²) in [6.07, 6.45) is 22.5. The Balaban J connectivity index is 0.741. The van der Waals surface area contributed by atoms with Crippen molar-refractivity contribution in [2.45, 2.75) is 174 Å². The van der Waals surface area contributed by atoms with Gasteiger partial charge >= 0.3 is 6.09 Å². The molecule has 0 aliphatic heterocycles. The Bertz CT molecular complexity index is 2060. The fraction of sp³-hybridized carbons (Fsp3) is 0.639. The average Bonchev–Trinajstić information content (AvgIpc) is 3.71. The minimum atomic E-state index is -0.914. The maximum atomic E-state index is 12.9. The first-order chi connectivity index (χ1) is 33.9. The van der Waals surface area contributed by atoms with Crippen molar-refractivity contribution < 1.29 is 33.6 Å². The minimum absolute atomic E-state index is 0.0429. The van der Waals surface area contributed by atoms with Crippen molar-refractivity contribution in [2.75, 3.05) is 33.9 Å². The third-order valence-electron chi connectivity index (χ3n) is 17.7. The van der Waals surface area contributed by atoms with Crippen molar-refractivity contribution in [1.29, 1.82) is 0 Å². The molecule has 3 saturated carbocycles. The smallest absolute Gasteiger partial charge is 0.407 e. The number of fused-ring (bicyclic) bond motifs is 5. The van der Waals surface area contributed by atoms with Crippen LogP contribution < -0.4 is 20.1 Å². The lowest BCUT2D eigenvalue weighted by atomic mass is 9.47. The molecule has 2 amide bonds. The van der Waals surface area contributed by atoms with Gasteiger partial charge in [-0.3, -0.25) is 4.79 Å². The predicted molar refractivity (Wildman–Crippen MR) is 281 cm³/mol. The van der Waals surface area contributed by atoms with E-state index in [4.69, 9.17) is 18.9 Å². The number of aliphatic hydroxyl groups excluding tert-OH is 1. The molecule has 9 nitrogen and oxygen atoms in total. The van der Waals surface area contributed by atoms with Crippen molar-refractivity contribution in [3.63, 3.8) is 0 Å². The predicted octanol–water partition coefficient (Wildman–Crippen LogP) is 13.5. The van der Waals surface area contributed by atoms with Gasteiger partial charge in [0.2, 0.25) is 5.91 Å². The number of allylic oxidation sites excluding steroid dienone is 1. The van der Waals surface area contributed by atoms with Crippen LogP contribution in [-0.2, 0) is 19.9 Å². The standard InChI is InChI=1S/C61H88N2O7/c1-44(2)17-16-20-45-28-34-55-54-33-27-49-43-53(35-38-60(49,4)56(54)36-39-59(45,55)3)70-58(66)63-41-15-9-13-22-57(65)62-40-14-8-12-21-50(64)37-42-69-61(46-18-10-7-11-19-46,47-23-29-51(67-5)30-24-47)48-25-31-52(68-6)32-26-48/h7,10-11,18-19,23-27,29-32,44-45,50,53-56,64H,8-9,12-17,20-22,28,33-43H2,1-6H3,(H,62,65)(H,63,66)/t45?,50?,53-,54?,55?,56?,59+,60-/m1/s1. The number of hydrogen-bond donors (Lipinski definition) is 3. The van der Waals surface area contributed by atoms with E-state index in [1.165, 1.54) is 51.4 Å². The first-order valence-corrected chi connectivity index (χ1v) is 27.5. The van der Waals surface area contributed by atoms with Crippen molar-refractivity contribution >= 4 is 12.0 Å². The van der Waals surface area contributed by atoms with E-state index in [-0.39, 0.29) is 23.5 Å². The number of ether oxygens (including phenoxy) is 4. The van der Waals surface area contributed by atoms with Gasteiger partial charge in [-0.1, -0.05) is 126 Å². The highest BCUT2D eigenvalue weighted by molar-refractivity contribution is 5.75. The first kappa shape index (κ1) is 53.5. The maximum absolute atomic E-state index is 12.9. The van der Waals surface area contributed by atoms with E-state index in [0.29, 0.717) is 44.4 Å². The fourth-order valence-corrected chi connectivity index (χ4v) is 13.6. The Hall–Kier alpha value is -4.34. The zero-order valence-electron chi connectivity index (χ0n) is 43.8. The molecule has 0 radical (unpaired) electrons. The molecule has 4 aliphatic rings. The summed E-state index contributed by atoms with van der Waals surface area (Å²) in [5, 5.41) is 17.1. The number of unbranched alkanes of at least 4 members (excludes halogenated alkanes) is 4. The molecule has 3 aromatic carbocycles. The number of aliphatic hydroxyl groups is 1. The van der Waals surface area contributed by atoms with Gasteiger partial charge in [0, 0.05) is 25.9 Å². The Morgan fingerprint density at radius 3 is 2.04 bits per heavy atom. The van der Waals surface area contributed by atoms with Crippen LogP contribution in [0.2, 0.25) is 0 Å². The van der Waals surface area contributed by atoms with E-state index in [1.54, 1.807) is 19.8 Å². The van der Waals surface area contributed by atoms with Gasteiger partial charge in [-0.05, 0) is 165 Å². The van der Waals surface area contributed by atoms with E-state index in [0.717, 1.165) is 116 Å². The number of nitrogens with one attached hydrogen (secondary N) is 2. The summed E-state index contributed by atoms with van der Waals surface area (Å²) in [6, 6.07) is 26.1. The Morgan fingerprint density at radius 2 is 1.37 bits per heavy atom. The van der Waals surface area contributed by atoms with E-state index < -0.39 is 11.7 Å². The van der Waals surface area contributed by atoms with Gasteiger partial charge in [0.05, 0.1) is 26.9 Å². The Kier molecular flexibility index (Phi) is 19.4. The Morgan fingerprint density at radius 1 is 0.714 bits per heavy atom. The second-order valence-electron chi connectivity index (χ2n) is 22.4. The lowest BCUT2D eigenvalue weighted by Crippen LogP contribution is -2.50. The molecule has 0 heterocycles. The lowest BCUT2D eigenvalue weighted by Gasteiger charge is -2.58. The first-order valence-electron chi connectivity index (χ1n) is 27.5. The van der Waals surface area contributed by atoms with Crippen molar-refractivity contribution in [3.8, 4) is 11.5 Å². The quantitative estimate of drug-likeness (QED) is 0.0417. The zero-order valence-corrected chi connectivity index (χ0v) is 43.8. The summed E-state index contributed by atoms with van der Waals surface area (Å²) in [5.41, 5.74) is 4.33. The molecular formula is C61H88N2O7. The number of rotatable bonds is 26. The van der Waals surface area contributed by atoms with Crippen LogP contribution in [-0.4, -0.2) is 63.2 Å². The maximum Gasteiger partial charge on any atom is 0.407 e. The van der Waals surface area contributed by atoms with E-state index in [2.05, 4.69) is 56.5 Å². The van der Waals surface area contributed by atoms with Crippen LogP contribution in [0.1, 0.15) is 173 Å². The summed E-state index contributed by atoms with van der Waals surface area (Å²) in [7, 11) is 3.32. The molecule has 0 saturated heterocycles. The number of carbonyl (C=O) groups excluding carboxylic acids is 2. The van der Waals surface area contributed by atoms with Crippen LogP contribution in [0.25, 0.3) is 0 Å². The number of amides is 2. The number of alkyl carbamates (subject to hydrolysis) is 1. The number of carbonyl (C=O) groups is 2. The number of hydrogen-bond acceptors (Lipinski definition) is 7. The SMILES string of the molecule is COc1ccc(C(OCCC(O)CCCCCNC(=O)CCCCCNC(=O)O[C@@H]2CC[C@]3(C)C(=CCC4C5CCC(CCCC(C)C)[C@]5(C)CCC43)C2)(c2ccccc2)c2ccc(OC)cc2)cc1. The van der Waals surface area contributed by atoms with Crippen LogP contribution >= 0.6 is 0 Å². The normalized spacial score (nSPS) is 25.5. The summed E-state index contributed by atoms with van der Waals surface area (Å²) in [4.78, 5) is 25.4. The molecule has 384 valence electrons. The largest absolute Gasteiger partial charge is 0.497 e. The van der Waals surface area contributed by atoms with Crippen molar-refractivity contribution in [2.24, 2.45) is 40.4 Å². The van der Waals surface area contributed by atoms with E-state index in [9.17, 15) is 14.7 Å². The van der Waals surface area contributed by atoms with Crippen molar-refractivity contribution in [1.82, 2.24) is 10.6 Å². The molecule has 5 unspecified atom stereocenters. The van der Waals surface area contributed by atoms with E-state index in [1.807, 2.05) is 66.7 Å². The molecular weight excluding hydrogens is 873 g/mol. The van der Waals surface area contributed by atoms with Crippen LogP contribution in [0.3, 0.4) is 0 Å². The Labute approximate surface area is 421 Å². The highest BCUT2D eigenvalue weighted by Gasteiger charge is 2.58. The lowest BCUT2D eigenvalue weighted by molar-refractivity contribution is -0.121. The molecule has 4 aliphatic carbocycles. The monoisotopic (exact) mass is 961 g/mol. The second kappa shape index (κ2) is 25.4. The molecule has 9 heteroatoms. The topological polar surface area (TPSA) is 115 Å². The van der Waals surface area contributed by atoms with Crippen LogP contribution in [0.4, 0.5) is 4.79 Å². The number of methoxy groups -OCH3 is 2. The fourth-order valence-electron chi connectivity index (χ4n) is 13.6. The van der Waals surface area contributed by atoms with Crippen LogP contribution in [0, 0.1) is 40.4 Å². The summed E-state index contributed by atoms with van der Waals surface area (Å²) in [6.45, 7) is 11.5. The van der Waals surface area contributed by atoms with Crippen molar-refractivity contribution in [3.05, 3.63) is 107 Å². The molecule has 0 bridgehead atoms. The highest BCUT2D eigenvalue weighted by atomic mass is 16.6. The molecule has 70 heavy (non-hydrogen) atoms. The molecule has 8 atom stereocenters. The molecule has 0 spiro atoms. The van der Waals surface area contributed by atoms with Gasteiger partial charge < -0.3 is 34.7 Å². The van der Waals surface area contributed by atoms with E-state index >= 15 is 0 Å². The van der Waals surface area contributed by atoms with Crippen LogP contribution in [0.15, 0.2) is 90.5 Å². The van der Waals surface area contributed by atoms with Gasteiger partial charge in [-0.2, -0.15) is 0 Å². The average molecular weight is 961 g/mol. The summed E-state index contributed by atoms with van der Waals surface area (Å²) < 4.78 is 23.9. The minimum Gasteiger partial charge on any atom is -0.497 e. The second-order valence-corrected chi connectivity index (χ2v) is 22.4. The molecule has 0 aromatic heterocycles.